The Morgan fingerprint density at radius 1 is 1.14 bits per heavy atom. The largest absolute Gasteiger partial charge is 0.348 e. The predicted molar refractivity (Wildman–Crippen MR) is 83.5 cm³/mol. The third-order valence-corrected chi connectivity index (χ3v) is 4.40. The SMILES string of the molecule is CNS(=O)(=O)Cc1ccc(CNC(=O)c2cccnc2)cc1. The van der Waals surface area contributed by atoms with Crippen LogP contribution in [-0.2, 0) is 22.3 Å². The van der Waals surface area contributed by atoms with Crippen molar-refractivity contribution in [3.63, 3.8) is 0 Å². The number of aromatic nitrogens is 1. The number of benzene rings is 1. The van der Waals surface area contributed by atoms with Crippen molar-refractivity contribution in [3.8, 4) is 0 Å². The van der Waals surface area contributed by atoms with Crippen LogP contribution in [0.25, 0.3) is 0 Å². The van der Waals surface area contributed by atoms with E-state index in [1.54, 1.807) is 42.6 Å². The highest BCUT2D eigenvalue weighted by Gasteiger charge is 2.08. The lowest BCUT2D eigenvalue weighted by molar-refractivity contribution is 0.0950. The summed E-state index contributed by atoms with van der Waals surface area (Å²) in [5, 5.41) is 2.78. The zero-order valence-corrected chi connectivity index (χ0v) is 12.9. The molecule has 0 saturated heterocycles. The van der Waals surface area contributed by atoms with E-state index in [9.17, 15) is 13.2 Å². The van der Waals surface area contributed by atoms with E-state index < -0.39 is 10.0 Å². The minimum absolute atomic E-state index is 0.0637. The number of nitrogens with zero attached hydrogens (tertiary/aromatic N) is 1. The van der Waals surface area contributed by atoms with Gasteiger partial charge < -0.3 is 5.32 Å². The average molecular weight is 319 g/mol. The van der Waals surface area contributed by atoms with Gasteiger partial charge in [-0.2, -0.15) is 0 Å². The summed E-state index contributed by atoms with van der Waals surface area (Å²) < 4.78 is 25.2. The third-order valence-electron chi connectivity index (χ3n) is 3.07. The normalized spacial score (nSPS) is 11.1. The maximum Gasteiger partial charge on any atom is 0.253 e. The van der Waals surface area contributed by atoms with Gasteiger partial charge in [-0.05, 0) is 30.3 Å². The zero-order chi connectivity index (χ0) is 16.0. The summed E-state index contributed by atoms with van der Waals surface area (Å²) in [5.41, 5.74) is 2.08. The van der Waals surface area contributed by atoms with Crippen LogP contribution in [0.3, 0.4) is 0 Å². The standard InChI is InChI=1S/C15H17N3O3S/c1-16-22(20,21)11-13-6-4-12(5-7-13)9-18-15(19)14-3-2-8-17-10-14/h2-8,10,16H,9,11H2,1H3,(H,18,19). The van der Waals surface area contributed by atoms with Gasteiger partial charge in [0.15, 0.2) is 0 Å². The van der Waals surface area contributed by atoms with Crippen LogP contribution in [0.2, 0.25) is 0 Å². The monoisotopic (exact) mass is 319 g/mol. The number of nitrogens with one attached hydrogen (secondary N) is 2. The first-order chi connectivity index (χ1) is 10.5. The Bertz CT molecular complexity index is 728. The summed E-state index contributed by atoms with van der Waals surface area (Å²) in [5.74, 6) is -0.263. The lowest BCUT2D eigenvalue weighted by Crippen LogP contribution is -2.23. The number of amides is 1. The second-order valence-corrected chi connectivity index (χ2v) is 6.63. The fourth-order valence-corrected chi connectivity index (χ4v) is 2.60. The summed E-state index contributed by atoms with van der Waals surface area (Å²) in [4.78, 5) is 15.8. The fraction of sp³-hybridized carbons (Fsp3) is 0.200. The average Bonchev–Trinajstić information content (AvgIpc) is 2.54. The minimum atomic E-state index is -3.27. The molecular formula is C15H17N3O3S. The maximum absolute atomic E-state index is 11.9. The number of sulfonamides is 1. The molecule has 0 spiro atoms. The molecule has 0 saturated carbocycles. The zero-order valence-electron chi connectivity index (χ0n) is 12.1. The van der Waals surface area contributed by atoms with Crippen molar-refractivity contribution >= 4 is 15.9 Å². The Labute approximate surface area is 129 Å². The fourth-order valence-electron chi connectivity index (χ4n) is 1.83. The van der Waals surface area contributed by atoms with E-state index in [0.717, 1.165) is 5.56 Å². The number of pyridine rings is 1. The minimum Gasteiger partial charge on any atom is -0.348 e. The van der Waals surface area contributed by atoms with Crippen molar-refractivity contribution < 1.29 is 13.2 Å². The highest BCUT2D eigenvalue weighted by atomic mass is 32.2. The first-order valence-corrected chi connectivity index (χ1v) is 8.32. The number of carbonyl (C=O) groups is 1. The predicted octanol–water partition coefficient (Wildman–Crippen LogP) is 1.06. The third kappa shape index (κ3) is 4.64. The Balaban J connectivity index is 1.93. The second-order valence-electron chi connectivity index (χ2n) is 4.70. The summed E-state index contributed by atoms with van der Waals surface area (Å²) >= 11 is 0. The van der Waals surface area contributed by atoms with E-state index >= 15 is 0 Å². The van der Waals surface area contributed by atoms with Gasteiger partial charge in [-0.25, -0.2) is 13.1 Å². The highest BCUT2D eigenvalue weighted by Crippen LogP contribution is 2.08. The maximum atomic E-state index is 11.9. The van der Waals surface area contributed by atoms with Crippen LogP contribution < -0.4 is 10.0 Å². The molecule has 0 radical (unpaired) electrons. The Morgan fingerprint density at radius 2 is 1.82 bits per heavy atom. The molecule has 1 aromatic heterocycles. The van der Waals surface area contributed by atoms with E-state index in [1.807, 2.05) is 0 Å². The molecule has 22 heavy (non-hydrogen) atoms. The molecular weight excluding hydrogens is 302 g/mol. The van der Waals surface area contributed by atoms with E-state index in [1.165, 1.54) is 13.2 Å². The molecule has 1 heterocycles. The molecule has 0 aliphatic carbocycles. The summed E-state index contributed by atoms with van der Waals surface area (Å²) in [6.07, 6.45) is 3.11. The molecule has 0 fully saturated rings. The number of rotatable bonds is 6. The van der Waals surface area contributed by atoms with Crippen LogP contribution in [0.5, 0.6) is 0 Å². The molecule has 0 atom stereocenters. The molecule has 0 bridgehead atoms. The highest BCUT2D eigenvalue weighted by molar-refractivity contribution is 7.88. The Kier molecular flexibility index (Phi) is 5.24. The van der Waals surface area contributed by atoms with Crippen molar-refractivity contribution in [2.45, 2.75) is 12.3 Å². The Hall–Kier alpha value is -2.25. The van der Waals surface area contributed by atoms with Crippen molar-refractivity contribution in [1.29, 1.82) is 0 Å². The molecule has 2 aromatic rings. The van der Waals surface area contributed by atoms with Crippen molar-refractivity contribution in [2.24, 2.45) is 0 Å². The first kappa shape index (κ1) is 16.1. The molecule has 2 rings (SSSR count). The van der Waals surface area contributed by atoms with Crippen LogP contribution in [0.1, 0.15) is 21.5 Å². The first-order valence-electron chi connectivity index (χ1n) is 6.67. The van der Waals surface area contributed by atoms with Crippen LogP contribution in [0.15, 0.2) is 48.8 Å². The van der Waals surface area contributed by atoms with Gasteiger partial charge in [-0.3, -0.25) is 9.78 Å². The molecule has 1 amide bonds. The molecule has 2 N–H and O–H groups in total. The molecule has 1 aromatic carbocycles. The molecule has 116 valence electrons. The molecule has 7 heteroatoms. The van der Waals surface area contributed by atoms with Gasteiger partial charge in [0.2, 0.25) is 10.0 Å². The van der Waals surface area contributed by atoms with Crippen molar-refractivity contribution in [2.75, 3.05) is 7.05 Å². The van der Waals surface area contributed by atoms with Gasteiger partial charge in [-0.15, -0.1) is 0 Å². The molecule has 6 nitrogen and oxygen atoms in total. The van der Waals surface area contributed by atoms with E-state index in [-0.39, 0.29) is 11.7 Å². The topological polar surface area (TPSA) is 88.2 Å². The van der Waals surface area contributed by atoms with Gasteiger partial charge in [0.25, 0.3) is 5.91 Å². The van der Waals surface area contributed by atoms with Crippen LogP contribution in [0.4, 0.5) is 0 Å². The second kappa shape index (κ2) is 7.15. The Morgan fingerprint density at radius 3 is 2.41 bits per heavy atom. The van der Waals surface area contributed by atoms with Gasteiger partial charge in [0, 0.05) is 18.9 Å². The van der Waals surface area contributed by atoms with E-state index in [0.29, 0.717) is 17.7 Å². The summed E-state index contributed by atoms with van der Waals surface area (Å²) in [6.45, 7) is 0.368. The molecule has 0 aliphatic rings. The van der Waals surface area contributed by atoms with Crippen LogP contribution >= 0.6 is 0 Å². The van der Waals surface area contributed by atoms with Gasteiger partial charge in [-0.1, -0.05) is 24.3 Å². The van der Waals surface area contributed by atoms with E-state index in [4.69, 9.17) is 0 Å². The van der Waals surface area contributed by atoms with Crippen molar-refractivity contribution in [3.05, 3.63) is 65.5 Å². The van der Waals surface area contributed by atoms with Gasteiger partial charge >= 0.3 is 0 Å². The lowest BCUT2D eigenvalue weighted by Gasteiger charge is -2.07. The van der Waals surface area contributed by atoms with Crippen LogP contribution in [0, 0.1) is 0 Å². The molecule has 0 unspecified atom stereocenters. The lowest BCUT2D eigenvalue weighted by atomic mass is 10.1. The summed E-state index contributed by atoms with van der Waals surface area (Å²) in [6, 6.07) is 10.5. The number of hydrogen-bond acceptors (Lipinski definition) is 4. The van der Waals surface area contributed by atoms with Gasteiger partial charge in [0.05, 0.1) is 11.3 Å². The van der Waals surface area contributed by atoms with Crippen molar-refractivity contribution in [1.82, 2.24) is 15.0 Å². The van der Waals surface area contributed by atoms with Gasteiger partial charge in [0.1, 0.15) is 0 Å². The van der Waals surface area contributed by atoms with Crippen LogP contribution in [-0.4, -0.2) is 26.4 Å². The molecule has 0 aliphatic heterocycles. The number of hydrogen-bond donors (Lipinski definition) is 2. The number of carbonyl (C=O) groups excluding carboxylic acids is 1. The smallest absolute Gasteiger partial charge is 0.253 e. The summed E-state index contributed by atoms with van der Waals surface area (Å²) in [7, 11) is -1.89. The van der Waals surface area contributed by atoms with E-state index in [2.05, 4.69) is 15.0 Å². The quantitative estimate of drug-likeness (QED) is 0.833.